The highest BCUT2D eigenvalue weighted by Gasteiger charge is 2.17. The molecule has 1 heterocycles. The van der Waals surface area contributed by atoms with Crippen molar-refractivity contribution in [2.75, 3.05) is 0 Å². The Hall–Kier alpha value is -2.69. The maximum atomic E-state index is 11.5. The van der Waals surface area contributed by atoms with E-state index >= 15 is 0 Å². The highest BCUT2D eigenvalue weighted by Crippen LogP contribution is 2.36. The van der Waals surface area contributed by atoms with Crippen molar-refractivity contribution in [3.8, 4) is 16.8 Å². The zero-order chi connectivity index (χ0) is 20.9. The molecule has 0 aliphatic rings. The number of halogens is 1. The number of para-hydroxylation sites is 1. The predicted molar refractivity (Wildman–Crippen MR) is 126 cm³/mol. The Morgan fingerprint density at radius 2 is 1.43 bits per heavy atom. The lowest BCUT2D eigenvalue weighted by molar-refractivity contribution is 0.387. The minimum absolute atomic E-state index is 0.0228. The lowest BCUT2D eigenvalue weighted by atomic mass is 10.1. The molecule has 6 heteroatoms. The summed E-state index contributed by atoms with van der Waals surface area (Å²) < 4.78 is 14.7. The van der Waals surface area contributed by atoms with E-state index < -0.39 is 7.60 Å². The highest BCUT2D eigenvalue weighted by molar-refractivity contribution is 9.10. The van der Waals surface area contributed by atoms with Crippen molar-refractivity contribution in [2.45, 2.75) is 0 Å². The molecular formula is C24H17BrNO3P. The van der Waals surface area contributed by atoms with Crippen LogP contribution in [0.25, 0.3) is 38.6 Å². The molecule has 1 aromatic heterocycles. The van der Waals surface area contributed by atoms with Crippen LogP contribution in [0.5, 0.6) is 0 Å². The normalized spacial score (nSPS) is 12.0. The van der Waals surface area contributed by atoms with Crippen LogP contribution >= 0.6 is 23.5 Å². The van der Waals surface area contributed by atoms with Crippen molar-refractivity contribution in [3.05, 3.63) is 95.5 Å². The molecule has 30 heavy (non-hydrogen) atoms. The van der Waals surface area contributed by atoms with Gasteiger partial charge < -0.3 is 14.4 Å². The molecule has 5 aromatic rings. The molecule has 2 N–H and O–H groups in total. The fraction of sp³-hybridized carbons (Fsp3) is 0. The van der Waals surface area contributed by atoms with Crippen molar-refractivity contribution in [3.63, 3.8) is 0 Å². The maximum absolute atomic E-state index is 11.5. The molecule has 0 saturated carbocycles. The number of rotatable bonds is 3. The van der Waals surface area contributed by atoms with Gasteiger partial charge in [0.15, 0.2) is 0 Å². The average molecular weight is 478 g/mol. The third-order valence-corrected chi connectivity index (χ3v) is 6.74. The molecule has 0 aliphatic carbocycles. The van der Waals surface area contributed by atoms with Crippen molar-refractivity contribution < 1.29 is 14.4 Å². The van der Waals surface area contributed by atoms with Crippen LogP contribution in [0.1, 0.15) is 0 Å². The van der Waals surface area contributed by atoms with Crippen LogP contribution in [0.3, 0.4) is 0 Å². The molecule has 4 nitrogen and oxygen atoms in total. The zero-order valence-electron chi connectivity index (χ0n) is 15.7. The number of nitrogens with zero attached hydrogens (tertiary/aromatic N) is 1. The Bertz CT molecular complexity index is 1450. The Balaban J connectivity index is 1.70. The maximum Gasteiger partial charge on any atom is 0.356 e. The van der Waals surface area contributed by atoms with E-state index in [4.69, 9.17) is 0 Å². The van der Waals surface area contributed by atoms with Gasteiger partial charge in [0.25, 0.3) is 0 Å². The summed E-state index contributed by atoms with van der Waals surface area (Å²) in [4.78, 5) is 18.7. The molecule has 5 rings (SSSR count). The first-order valence-corrected chi connectivity index (χ1v) is 11.8. The predicted octanol–water partition coefficient (Wildman–Crippen LogP) is 6.02. The molecule has 0 spiro atoms. The molecule has 0 fully saturated rings. The molecule has 0 aliphatic heterocycles. The lowest BCUT2D eigenvalue weighted by Crippen LogP contribution is -2.02. The van der Waals surface area contributed by atoms with Gasteiger partial charge in [-0.3, -0.25) is 4.57 Å². The van der Waals surface area contributed by atoms with E-state index in [9.17, 15) is 14.4 Å². The number of aromatic nitrogens is 1. The molecule has 0 radical (unpaired) electrons. The molecule has 0 atom stereocenters. The summed E-state index contributed by atoms with van der Waals surface area (Å²) in [5, 5.41) is 2.40. The van der Waals surface area contributed by atoms with Crippen LogP contribution in [0.2, 0.25) is 0 Å². The second-order valence-corrected chi connectivity index (χ2v) is 9.68. The first-order chi connectivity index (χ1) is 14.4. The van der Waals surface area contributed by atoms with E-state index in [0.717, 1.165) is 32.3 Å². The Morgan fingerprint density at radius 1 is 0.700 bits per heavy atom. The van der Waals surface area contributed by atoms with Gasteiger partial charge in [-0.25, -0.2) is 0 Å². The first-order valence-electron chi connectivity index (χ1n) is 9.37. The molecule has 148 valence electrons. The molecule has 0 bridgehead atoms. The largest absolute Gasteiger partial charge is 0.356 e. The fourth-order valence-electron chi connectivity index (χ4n) is 3.89. The minimum atomic E-state index is -4.25. The smallest absolute Gasteiger partial charge is 0.321 e. The Morgan fingerprint density at radius 3 is 2.20 bits per heavy atom. The van der Waals surface area contributed by atoms with Crippen LogP contribution < -0.4 is 5.30 Å². The molecule has 0 unspecified atom stereocenters. The van der Waals surface area contributed by atoms with Crippen LogP contribution in [0.15, 0.2) is 95.5 Å². The second-order valence-electron chi connectivity index (χ2n) is 7.16. The summed E-state index contributed by atoms with van der Waals surface area (Å²) >= 11 is 3.59. The third kappa shape index (κ3) is 3.30. The molecule has 0 saturated heterocycles. The summed E-state index contributed by atoms with van der Waals surface area (Å²) in [6.45, 7) is 0. The summed E-state index contributed by atoms with van der Waals surface area (Å²) in [6, 6.07) is 29.3. The van der Waals surface area contributed by atoms with Crippen LogP contribution in [-0.2, 0) is 4.57 Å². The number of hydrogen-bond donors (Lipinski definition) is 2. The van der Waals surface area contributed by atoms with Gasteiger partial charge in [-0.2, -0.15) is 0 Å². The molecule has 0 amide bonds. The lowest BCUT2D eigenvalue weighted by Gasteiger charge is -2.11. The second kappa shape index (κ2) is 7.22. The van der Waals surface area contributed by atoms with Crippen LogP contribution in [0.4, 0.5) is 0 Å². The zero-order valence-corrected chi connectivity index (χ0v) is 18.2. The number of hydrogen-bond acceptors (Lipinski definition) is 1. The SMILES string of the molecule is O=P(O)(O)c1ccc(-c2cccc(-n3c4ccccc4c4ccc(Br)cc43)c2)cc1. The Kier molecular flexibility index (Phi) is 4.64. The highest BCUT2D eigenvalue weighted by atomic mass is 79.9. The third-order valence-electron chi connectivity index (χ3n) is 5.28. The first kappa shape index (κ1) is 19.3. The van der Waals surface area contributed by atoms with E-state index in [1.807, 2.05) is 24.3 Å². The van der Waals surface area contributed by atoms with Gasteiger partial charge in [-0.15, -0.1) is 0 Å². The van der Waals surface area contributed by atoms with E-state index in [0.29, 0.717) is 0 Å². The summed E-state index contributed by atoms with van der Waals surface area (Å²) in [7, 11) is -4.25. The van der Waals surface area contributed by atoms with E-state index in [-0.39, 0.29) is 5.30 Å². The van der Waals surface area contributed by atoms with E-state index in [1.54, 1.807) is 12.1 Å². The number of fused-ring (bicyclic) bond motifs is 3. The van der Waals surface area contributed by atoms with Gasteiger partial charge in [0.1, 0.15) is 0 Å². The van der Waals surface area contributed by atoms with E-state index in [1.165, 1.54) is 22.9 Å². The topological polar surface area (TPSA) is 62.5 Å². The monoisotopic (exact) mass is 477 g/mol. The van der Waals surface area contributed by atoms with Gasteiger partial charge in [-0.1, -0.05) is 64.5 Å². The standard InChI is InChI=1S/C24H17BrNO3P/c25-18-10-13-22-21-6-1-2-7-23(21)26(24(22)15-18)19-5-3-4-17(14-19)16-8-11-20(12-9-16)30(27,28)29/h1-15H,(H2,27,28,29). The summed E-state index contributed by atoms with van der Waals surface area (Å²) in [6.07, 6.45) is 0. The van der Waals surface area contributed by atoms with Gasteiger partial charge in [-0.05, 0) is 53.6 Å². The van der Waals surface area contributed by atoms with E-state index in [2.05, 4.69) is 63.0 Å². The molecular weight excluding hydrogens is 461 g/mol. The number of benzene rings is 4. The van der Waals surface area contributed by atoms with Crippen molar-refractivity contribution in [1.29, 1.82) is 0 Å². The minimum Gasteiger partial charge on any atom is -0.321 e. The van der Waals surface area contributed by atoms with Crippen molar-refractivity contribution in [2.24, 2.45) is 0 Å². The van der Waals surface area contributed by atoms with Gasteiger partial charge in [0.05, 0.1) is 16.3 Å². The fourth-order valence-corrected chi connectivity index (χ4v) is 4.78. The van der Waals surface area contributed by atoms with Crippen LogP contribution in [-0.4, -0.2) is 14.4 Å². The van der Waals surface area contributed by atoms with Gasteiger partial charge in [0.2, 0.25) is 0 Å². The van der Waals surface area contributed by atoms with Gasteiger partial charge in [0, 0.05) is 20.9 Å². The van der Waals surface area contributed by atoms with Crippen molar-refractivity contribution in [1.82, 2.24) is 4.57 Å². The van der Waals surface area contributed by atoms with Crippen LogP contribution in [0, 0.1) is 0 Å². The van der Waals surface area contributed by atoms with Gasteiger partial charge >= 0.3 is 7.60 Å². The average Bonchev–Trinajstić information content (AvgIpc) is 3.06. The summed E-state index contributed by atoms with van der Waals surface area (Å²) in [5.41, 5.74) is 5.14. The van der Waals surface area contributed by atoms with Crippen molar-refractivity contribution >= 4 is 50.6 Å². The Labute approximate surface area is 181 Å². The summed E-state index contributed by atoms with van der Waals surface area (Å²) in [5.74, 6) is 0. The quantitative estimate of drug-likeness (QED) is 0.312. The molecule has 4 aromatic carbocycles.